The monoisotopic (exact) mass is 570 g/mol. The second-order valence-electron chi connectivity index (χ2n) is 9.19. The molecule has 0 atom stereocenters. The van der Waals surface area contributed by atoms with Gasteiger partial charge < -0.3 is 9.84 Å². The summed E-state index contributed by atoms with van der Waals surface area (Å²) in [6.45, 7) is 7.85. The van der Waals surface area contributed by atoms with E-state index in [0.29, 0.717) is 17.2 Å². The van der Waals surface area contributed by atoms with Crippen molar-refractivity contribution in [1.82, 2.24) is 19.5 Å². The van der Waals surface area contributed by atoms with E-state index in [1.54, 1.807) is 45.2 Å². The lowest BCUT2D eigenvalue weighted by atomic mass is 10.0. The van der Waals surface area contributed by atoms with Crippen LogP contribution in [0.15, 0.2) is 51.9 Å². The number of nitrogens with zero attached hydrogens (tertiary/aromatic N) is 4. The van der Waals surface area contributed by atoms with Crippen molar-refractivity contribution in [1.29, 1.82) is 0 Å². The van der Waals surface area contributed by atoms with Gasteiger partial charge in [-0.1, -0.05) is 12.1 Å². The molecule has 0 aliphatic carbocycles. The highest BCUT2D eigenvalue weighted by Gasteiger charge is 2.22. The molecule has 0 spiro atoms. The van der Waals surface area contributed by atoms with Crippen molar-refractivity contribution in [3.05, 3.63) is 97.4 Å². The Bertz CT molecular complexity index is 1570. The van der Waals surface area contributed by atoms with Crippen LogP contribution < -0.4 is 10.3 Å². The third kappa shape index (κ3) is 5.30. The van der Waals surface area contributed by atoms with Gasteiger partial charge in [0.05, 0.1) is 11.4 Å². The zero-order valence-corrected chi connectivity index (χ0v) is 22.5. The Balaban J connectivity index is 1.70. The molecule has 10 heteroatoms. The van der Waals surface area contributed by atoms with E-state index in [9.17, 15) is 18.7 Å². The third-order valence-corrected chi connectivity index (χ3v) is 6.51. The molecule has 2 aromatic carbocycles. The van der Waals surface area contributed by atoms with Gasteiger partial charge in [-0.25, -0.2) is 18.7 Å². The number of aromatic nitrogens is 4. The van der Waals surface area contributed by atoms with E-state index < -0.39 is 22.8 Å². The molecular weight excluding hydrogens is 546 g/mol. The average molecular weight is 571 g/mol. The number of hydrogen-bond donors (Lipinski definition) is 1. The average Bonchev–Trinajstić information content (AvgIpc) is 2.84. The van der Waals surface area contributed by atoms with Gasteiger partial charge in [0.25, 0.3) is 5.56 Å². The lowest BCUT2D eigenvalue weighted by molar-refractivity contribution is 0.0688. The second-order valence-corrected chi connectivity index (χ2v) is 9.98. The number of ether oxygens (including phenoxy) is 1. The minimum absolute atomic E-state index is 0.00209. The van der Waals surface area contributed by atoms with Crippen molar-refractivity contribution in [3.63, 3.8) is 0 Å². The van der Waals surface area contributed by atoms with Gasteiger partial charge in [-0.05, 0) is 80.4 Å². The maximum absolute atomic E-state index is 14.4. The van der Waals surface area contributed by atoms with Gasteiger partial charge in [0.15, 0.2) is 5.82 Å². The fraction of sp³-hybridized carbons (Fsp3) is 0.259. The molecule has 0 aliphatic heterocycles. The van der Waals surface area contributed by atoms with E-state index in [-0.39, 0.29) is 33.9 Å². The molecular formula is C27H25BrF2N4O3. The molecule has 4 aromatic rings. The summed E-state index contributed by atoms with van der Waals surface area (Å²) in [4.78, 5) is 26.5. The molecule has 0 unspecified atom stereocenters. The van der Waals surface area contributed by atoms with E-state index >= 15 is 0 Å². The van der Waals surface area contributed by atoms with Gasteiger partial charge in [-0.3, -0.25) is 9.36 Å². The number of rotatable bonds is 6. The maximum atomic E-state index is 14.4. The normalized spacial score (nSPS) is 11.6. The number of hydrogen-bond acceptors (Lipinski definition) is 6. The Kier molecular flexibility index (Phi) is 7.25. The topological polar surface area (TPSA) is 90.1 Å². The molecule has 1 N–H and O–H groups in total. The Morgan fingerprint density at radius 3 is 2.54 bits per heavy atom. The third-order valence-electron chi connectivity index (χ3n) is 5.83. The van der Waals surface area contributed by atoms with Gasteiger partial charge in [-0.15, -0.1) is 0 Å². The quantitative estimate of drug-likeness (QED) is 0.331. The molecule has 0 saturated carbocycles. The van der Waals surface area contributed by atoms with Gasteiger partial charge in [0, 0.05) is 22.9 Å². The van der Waals surface area contributed by atoms with Gasteiger partial charge in [0.2, 0.25) is 5.88 Å². The maximum Gasteiger partial charge on any atom is 0.276 e. The van der Waals surface area contributed by atoms with Crippen molar-refractivity contribution in [2.24, 2.45) is 0 Å². The van der Waals surface area contributed by atoms with Crippen LogP contribution in [0.2, 0.25) is 0 Å². The predicted octanol–water partition coefficient (Wildman–Crippen LogP) is 5.46. The Hall–Kier alpha value is -3.50. The molecule has 192 valence electrons. The lowest BCUT2D eigenvalue weighted by Crippen LogP contribution is -2.24. The smallest absolute Gasteiger partial charge is 0.276 e. The summed E-state index contributed by atoms with van der Waals surface area (Å²) < 4.78 is 35.0. The number of aliphatic hydroxyl groups is 1. The summed E-state index contributed by atoms with van der Waals surface area (Å²) >= 11 is 3.26. The Morgan fingerprint density at radius 2 is 1.84 bits per heavy atom. The number of benzene rings is 2. The van der Waals surface area contributed by atoms with Crippen LogP contribution in [0, 0.1) is 32.4 Å². The zero-order valence-electron chi connectivity index (χ0n) is 20.9. The minimum Gasteiger partial charge on any atom is -0.472 e. The molecule has 7 nitrogen and oxygen atoms in total. The SMILES string of the molecule is Cc1cnc(C(C)(C)O)nc1-c1cccc(-n2c(C)nc(OCc3ccc(F)c(C)c3F)c(Br)c2=O)c1. The molecule has 0 amide bonds. The van der Waals surface area contributed by atoms with E-state index in [1.165, 1.54) is 23.6 Å². The molecule has 0 saturated heterocycles. The molecule has 0 aliphatic rings. The van der Waals surface area contributed by atoms with Crippen molar-refractivity contribution in [2.45, 2.75) is 46.8 Å². The van der Waals surface area contributed by atoms with Crippen LogP contribution in [0.25, 0.3) is 16.9 Å². The fourth-order valence-electron chi connectivity index (χ4n) is 3.78. The first kappa shape index (κ1) is 26.6. The zero-order chi connectivity index (χ0) is 27.1. The molecule has 0 radical (unpaired) electrons. The standard InChI is InChI=1S/C27H25BrF2N4O3/c1-14-12-31-26(27(4,5)36)33-23(14)17-7-6-8-19(11-17)34-16(3)32-24(21(28)25(34)35)37-13-18-9-10-20(29)15(2)22(18)30/h6-12,36H,13H2,1-5H3. The Labute approximate surface area is 221 Å². The Morgan fingerprint density at radius 1 is 1.11 bits per heavy atom. The van der Waals surface area contributed by atoms with Crippen molar-refractivity contribution in [3.8, 4) is 22.8 Å². The highest BCUT2D eigenvalue weighted by Crippen LogP contribution is 2.27. The predicted molar refractivity (Wildman–Crippen MR) is 139 cm³/mol. The van der Waals surface area contributed by atoms with Crippen LogP contribution in [-0.4, -0.2) is 24.6 Å². The molecule has 0 fully saturated rings. The first-order valence-electron chi connectivity index (χ1n) is 11.4. The molecule has 2 aromatic heterocycles. The van der Waals surface area contributed by atoms with Crippen LogP contribution in [-0.2, 0) is 12.2 Å². The summed E-state index contributed by atoms with van der Waals surface area (Å²) in [7, 11) is 0. The summed E-state index contributed by atoms with van der Waals surface area (Å²) in [6.07, 6.45) is 1.65. The van der Waals surface area contributed by atoms with Gasteiger partial charge in [-0.2, -0.15) is 4.98 Å². The first-order valence-corrected chi connectivity index (χ1v) is 12.2. The lowest BCUT2D eigenvalue weighted by Gasteiger charge is -2.18. The molecule has 2 heterocycles. The second kappa shape index (κ2) is 10.1. The number of halogens is 3. The highest BCUT2D eigenvalue weighted by molar-refractivity contribution is 9.10. The van der Waals surface area contributed by atoms with E-state index in [4.69, 9.17) is 4.74 Å². The highest BCUT2D eigenvalue weighted by atomic mass is 79.9. The molecule has 37 heavy (non-hydrogen) atoms. The van der Waals surface area contributed by atoms with E-state index in [2.05, 4.69) is 30.9 Å². The first-order chi connectivity index (χ1) is 17.4. The van der Waals surface area contributed by atoms with Crippen LogP contribution in [0.4, 0.5) is 8.78 Å². The van der Waals surface area contributed by atoms with Gasteiger partial charge in [0.1, 0.15) is 34.1 Å². The minimum atomic E-state index is -1.21. The number of aryl methyl sites for hydroxylation is 2. The summed E-state index contributed by atoms with van der Waals surface area (Å²) in [6, 6.07) is 9.66. The largest absolute Gasteiger partial charge is 0.472 e. The summed E-state index contributed by atoms with van der Waals surface area (Å²) in [5, 5.41) is 10.3. The van der Waals surface area contributed by atoms with Crippen LogP contribution in [0.3, 0.4) is 0 Å². The summed E-state index contributed by atoms with van der Waals surface area (Å²) in [5.41, 5.74) is 1.11. The van der Waals surface area contributed by atoms with Gasteiger partial charge >= 0.3 is 0 Å². The van der Waals surface area contributed by atoms with Crippen molar-refractivity contribution >= 4 is 15.9 Å². The van der Waals surface area contributed by atoms with Crippen molar-refractivity contribution < 1.29 is 18.6 Å². The summed E-state index contributed by atoms with van der Waals surface area (Å²) in [5.74, 6) is -0.726. The molecule has 4 rings (SSSR count). The van der Waals surface area contributed by atoms with Crippen LogP contribution in [0.5, 0.6) is 5.88 Å². The van der Waals surface area contributed by atoms with E-state index in [0.717, 1.165) is 11.1 Å². The van der Waals surface area contributed by atoms with E-state index in [1.807, 2.05) is 13.0 Å². The molecule has 0 bridgehead atoms. The van der Waals surface area contributed by atoms with Crippen LogP contribution >= 0.6 is 15.9 Å². The van der Waals surface area contributed by atoms with Crippen LogP contribution in [0.1, 0.15) is 42.2 Å². The fourth-order valence-corrected chi connectivity index (χ4v) is 4.16. The van der Waals surface area contributed by atoms with Crippen molar-refractivity contribution in [2.75, 3.05) is 0 Å².